The van der Waals surface area contributed by atoms with Gasteiger partial charge in [-0.05, 0) is 31.1 Å². The van der Waals surface area contributed by atoms with Crippen LogP contribution in [-0.2, 0) is 11.2 Å². The molecule has 1 aliphatic carbocycles. The molecule has 1 unspecified atom stereocenters. The van der Waals surface area contributed by atoms with Crippen molar-refractivity contribution < 1.29 is 14.1 Å². The molecule has 1 atom stereocenters. The normalized spacial score (nSPS) is 21.8. The Morgan fingerprint density at radius 2 is 2.16 bits per heavy atom. The lowest BCUT2D eigenvalue weighted by atomic mass is 10.0. The van der Waals surface area contributed by atoms with Crippen LogP contribution in [0.15, 0.2) is 10.7 Å². The third-order valence-electron chi connectivity index (χ3n) is 5.28. The molecule has 1 aliphatic heterocycles. The number of aromatic nitrogens is 1. The summed E-state index contributed by atoms with van der Waals surface area (Å²) in [5.41, 5.74) is 0.549. The first kappa shape index (κ1) is 18.0. The minimum atomic E-state index is -0.0589. The van der Waals surface area contributed by atoms with E-state index < -0.39 is 0 Å². The van der Waals surface area contributed by atoms with E-state index >= 15 is 0 Å². The molecule has 2 fully saturated rings. The fraction of sp³-hybridized carbons (Fsp3) is 0.737. The Balaban J connectivity index is 1.78. The molecule has 1 aromatic rings. The molecule has 0 aromatic carbocycles. The maximum atomic E-state index is 13.0. The van der Waals surface area contributed by atoms with Crippen LogP contribution in [0.3, 0.4) is 0 Å². The van der Waals surface area contributed by atoms with Crippen molar-refractivity contribution in [2.75, 3.05) is 19.6 Å². The van der Waals surface area contributed by atoms with E-state index in [0.717, 1.165) is 13.0 Å². The third kappa shape index (κ3) is 4.05. The predicted molar refractivity (Wildman–Crippen MR) is 94.1 cm³/mol. The van der Waals surface area contributed by atoms with Crippen LogP contribution < -0.4 is 0 Å². The Hall–Kier alpha value is -1.85. The molecule has 2 heterocycles. The van der Waals surface area contributed by atoms with Crippen LogP contribution in [0.25, 0.3) is 0 Å². The van der Waals surface area contributed by atoms with Crippen molar-refractivity contribution in [3.63, 3.8) is 0 Å². The van der Waals surface area contributed by atoms with Gasteiger partial charge in [-0.25, -0.2) is 0 Å². The van der Waals surface area contributed by atoms with Crippen molar-refractivity contribution in [2.45, 2.75) is 58.9 Å². The summed E-state index contributed by atoms with van der Waals surface area (Å²) in [5, 5.41) is 3.81. The van der Waals surface area contributed by atoms with Gasteiger partial charge in [-0.15, -0.1) is 0 Å². The molecule has 6 heteroatoms. The highest BCUT2D eigenvalue weighted by atomic mass is 16.5. The molecule has 0 bridgehead atoms. The number of rotatable bonds is 6. The minimum absolute atomic E-state index is 0.0589. The van der Waals surface area contributed by atoms with Gasteiger partial charge in [-0.1, -0.05) is 25.9 Å². The number of carbonyl (C=O) groups excluding carboxylic acids is 2. The second kappa shape index (κ2) is 7.58. The van der Waals surface area contributed by atoms with Gasteiger partial charge < -0.3 is 14.3 Å². The Kier molecular flexibility index (Phi) is 5.45. The molecule has 0 N–H and O–H groups in total. The van der Waals surface area contributed by atoms with Crippen LogP contribution in [0.1, 0.15) is 62.6 Å². The largest absolute Gasteiger partial charge is 0.361 e. The second-order valence-corrected chi connectivity index (χ2v) is 7.71. The minimum Gasteiger partial charge on any atom is -0.361 e. The zero-order chi connectivity index (χ0) is 18.0. The SMILES string of the molecule is CCCc1oncc1C(=O)N1CCC(=O)N(CC2CC2)C(C(C)C)C1. The van der Waals surface area contributed by atoms with Gasteiger partial charge in [0, 0.05) is 32.5 Å². The molecule has 25 heavy (non-hydrogen) atoms. The fourth-order valence-corrected chi connectivity index (χ4v) is 3.56. The number of nitrogens with zero attached hydrogens (tertiary/aromatic N) is 3. The van der Waals surface area contributed by atoms with Gasteiger partial charge >= 0.3 is 0 Å². The highest BCUT2D eigenvalue weighted by Crippen LogP contribution is 2.32. The fourth-order valence-electron chi connectivity index (χ4n) is 3.56. The van der Waals surface area contributed by atoms with E-state index in [2.05, 4.69) is 19.0 Å². The van der Waals surface area contributed by atoms with Gasteiger partial charge in [-0.2, -0.15) is 0 Å². The molecule has 6 nitrogen and oxygen atoms in total. The van der Waals surface area contributed by atoms with Gasteiger partial charge in [0.15, 0.2) is 0 Å². The Morgan fingerprint density at radius 3 is 2.80 bits per heavy atom. The maximum Gasteiger partial charge on any atom is 0.259 e. The summed E-state index contributed by atoms with van der Waals surface area (Å²) in [4.78, 5) is 29.6. The van der Waals surface area contributed by atoms with E-state index in [9.17, 15) is 9.59 Å². The molecule has 1 saturated carbocycles. The van der Waals surface area contributed by atoms with Crippen LogP contribution in [0.4, 0.5) is 0 Å². The van der Waals surface area contributed by atoms with Gasteiger partial charge in [0.2, 0.25) is 5.91 Å². The zero-order valence-corrected chi connectivity index (χ0v) is 15.5. The summed E-state index contributed by atoms with van der Waals surface area (Å²) in [5.74, 6) is 1.74. The summed E-state index contributed by atoms with van der Waals surface area (Å²) in [6.45, 7) is 8.22. The van der Waals surface area contributed by atoms with Crippen molar-refractivity contribution in [2.24, 2.45) is 11.8 Å². The Labute approximate surface area is 149 Å². The van der Waals surface area contributed by atoms with Gasteiger partial charge in [0.1, 0.15) is 11.3 Å². The molecule has 0 radical (unpaired) electrons. The zero-order valence-electron chi connectivity index (χ0n) is 15.5. The lowest BCUT2D eigenvalue weighted by Crippen LogP contribution is -2.48. The van der Waals surface area contributed by atoms with Crippen LogP contribution in [0.5, 0.6) is 0 Å². The molecule has 2 aliphatic rings. The molecule has 2 amide bonds. The van der Waals surface area contributed by atoms with Crippen LogP contribution >= 0.6 is 0 Å². The van der Waals surface area contributed by atoms with E-state index in [1.165, 1.54) is 19.0 Å². The first-order valence-electron chi connectivity index (χ1n) is 9.53. The van der Waals surface area contributed by atoms with Crippen molar-refractivity contribution in [1.29, 1.82) is 0 Å². The quantitative estimate of drug-likeness (QED) is 0.793. The van der Waals surface area contributed by atoms with E-state index in [1.54, 1.807) is 0 Å². The number of carbonyl (C=O) groups is 2. The highest BCUT2D eigenvalue weighted by Gasteiger charge is 2.37. The lowest BCUT2D eigenvalue weighted by Gasteiger charge is -2.34. The summed E-state index contributed by atoms with van der Waals surface area (Å²) < 4.78 is 5.25. The van der Waals surface area contributed by atoms with E-state index in [0.29, 0.717) is 49.1 Å². The highest BCUT2D eigenvalue weighted by molar-refractivity contribution is 5.95. The maximum absolute atomic E-state index is 13.0. The topological polar surface area (TPSA) is 66.7 Å². The second-order valence-electron chi connectivity index (χ2n) is 7.71. The van der Waals surface area contributed by atoms with E-state index in [4.69, 9.17) is 4.52 Å². The molecule has 138 valence electrons. The molecular weight excluding hydrogens is 318 g/mol. The number of hydrogen-bond donors (Lipinski definition) is 0. The summed E-state index contributed by atoms with van der Waals surface area (Å²) in [7, 11) is 0. The molecular formula is C19H29N3O3. The average molecular weight is 347 g/mol. The first-order chi connectivity index (χ1) is 12.0. The number of aryl methyl sites for hydroxylation is 1. The van der Waals surface area contributed by atoms with Crippen molar-refractivity contribution in [3.05, 3.63) is 17.5 Å². The van der Waals surface area contributed by atoms with E-state index in [-0.39, 0.29) is 17.9 Å². The average Bonchev–Trinajstić information content (AvgIpc) is 3.31. The monoisotopic (exact) mass is 347 g/mol. The number of amides is 2. The molecule has 1 aromatic heterocycles. The predicted octanol–water partition coefficient (Wildman–Crippen LogP) is 2.74. The van der Waals surface area contributed by atoms with Crippen LogP contribution in [-0.4, -0.2) is 52.4 Å². The lowest BCUT2D eigenvalue weighted by molar-refractivity contribution is -0.133. The van der Waals surface area contributed by atoms with Crippen molar-refractivity contribution in [3.8, 4) is 0 Å². The third-order valence-corrected chi connectivity index (χ3v) is 5.28. The Morgan fingerprint density at radius 1 is 1.40 bits per heavy atom. The van der Waals surface area contributed by atoms with Gasteiger partial charge in [-0.3, -0.25) is 9.59 Å². The summed E-state index contributed by atoms with van der Waals surface area (Å²) in [6, 6.07) is 0.0778. The Bertz CT molecular complexity index is 621. The number of hydrogen-bond acceptors (Lipinski definition) is 4. The smallest absolute Gasteiger partial charge is 0.259 e. The first-order valence-corrected chi connectivity index (χ1v) is 9.53. The molecule has 3 rings (SSSR count). The van der Waals surface area contributed by atoms with E-state index in [1.807, 2.05) is 16.7 Å². The summed E-state index contributed by atoms with van der Waals surface area (Å²) >= 11 is 0. The standard InChI is InChI=1S/C19H29N3O3/c1-4-5-17-15(10-20-25-17)19(24)21-9-8-18(23)22(11-14-6-7-14)16(12-21)13(2)3/h10,13-14,16H,4-9,11-12H2,1-3H3. The van der Waals surface area contributed by atoms with Crippen LogP contribution in [0, 0.1) is 11.8 Å². The van der Waals surface area contributed by atoms with Gasteiger partial charge in [0.05, 0.1) is 12.2 Å². The van der Waals surface area contributed by atoms with Crippen molar-refractivity contribution in [1.82, 2.24) is 15.0 Å². The van der Waals surface area contributed by atoms with Crippen LogP contribution in [0.2, 0.25) is 0 Å². The molecule has 0 spiro atoms. The van der Waals surface area contributed by atoms with Gasteiger partial charge in [0.25, 0.3) is 5.91 Å². The molecule has 1 saturated heterocycles. The summed E-state index contributed by atoms with van der Waals surface area (Å²) in [6.07, 6.45) is 5.96. The van der Waals surface area contributed by atoms with Crippen molar-refractivity contribution >= 4 is 11.8 Å².